The van der Waals surface area contributed by atoms with E-state index in [2.05, 4.69) is 26.3 Å². The Morgan fingerprint density at radius 2 is 1.93 bits per heavy atom. The maximum atomic E-state index is 13.2. The van der Waals surface area contributed by atoms with Crippen LogP contribution in [0.25, 0.3) is 21.6 Å². The van der Waals surface area contributed by atoms with Crippen molar-refractivity contribution in [1.82, 2.24) is 20.3 Å². The van der Waals surface area contributed by atoms with Crippen molar-refractivity contribution in [3.05, 3.63) is 65.3 Å². The molecule has 4 aromatic rings. The maximum Gasteiger partial charge on any atom is 0.255 e. The Labute approximate surface area is 179 Å². The molecule has 2 N–H and O–H groups in total. The number of rotatable bonds is 5. The highest BCUT2D eigenvalue weighted by molar-refractivity contribution is 7.13. The standard InChI is InChI=1S/C23H23N5OS/c1-15(21-25-17-7-2-3-8-18(17)26-21)24-23(29)16-10-11-19(20-9-6-14-30-20)27-22(16)28-12-4-5-13-28/h2-3,6-11,14-15H,4-5,12-13H2,1H3,(H,24,29)(H,25,26)/t15-/m1/s1. The number of imidazole rings is 1. The van der Waals surface area contributed by atoms with E-state index in [-0.39, 0.29) is 11.9 Å². The zero-order chi connectivity index (χ0) is 20.5. The highest BCUT2D eigenvalue weighted by atomic mass is 32.1. The largest absolute Gasteiger partial charge is 0.356 e. The highest BCUT2D eigenvalue weighted by Gasteiger charge is 2.24. The monoisotopic (exact) mass is 417 g/mol. The predicted molar refractivity (Wildman–Crippen MR) is 121 cm³/mol. The number of amides is 1. The van der Waals surface area contributed by atoms with Crippen LogP contribution < -0.4 is 10.2 Å². The second-order valence-corrected chi connectivity index (χ2v) is 8.52. The smallest absolute Gasteiger partial charge is 0.255 e. The molecular weight excluding hydrogens is 394 g/mol. The zero-order valence-electron chi connectivity index (χ0n) is 16.8. The molecule has 0 saturated carbocycles. The molecule has 1 fully saturated rings. The van der Waals surface area contributed by atoms with E-state index in [0.717, 1.165) is 59.2 Å². The summed E-state index contributed by atoms with van der Waals surface area (Å²) in [5, 5.41) is 5.14. The second-order valence-electron chi connectivity index (χ2n) is 7.57. The summed E-state index contributed by atoms with van der Waals surface area (Å²) in [5.41, 5.74) is 3.38. The number of nitrogens with one attached hydrogen (secondary N) is 2. The molecule has 1 aliphatic heterocycles. The van der Waals surface area contributed by atoms with Crippen LogP contribution in [0.15, 0.2) is 53.9 Å². The molecular formula is C23H23N5OS. The quantitative estimate of drug-likeness (QED) is 0.490. The van der Waals surface area contributed by atoms with E-state index in [1.165, 1.54) is 0 Å². The molecule has 0 aliphatic carbocycles. The van der Waals surface area contributed by atoms with Crippen molar-refractivity contribution >= 4 is 34.1 Å². The topological polar surface area (TPSA) is 73.9 Å². The maximum absolute atomic E-state index is 13.2. The third kappa shape index (κ3) is 3.57. The van der Waals surface area contributed by atoms with Gasteiger partial charge in [0.25, 0.3) is 5.91 Å². The molecule has 1 aliphatic rings. The first-order chi connectivity index (χ1) is 14.7. The van der Waals surface area contributed by atoms with E-state index in [4.69, 9.17) is 4.98 Å². The van der Waals surface area contributed by atoms with Crippen LogP contribution in [0, 0.1) is 0 Å². The lowest BCUT2D eigenvalue weighted by Crippen LogP contribution is -2.30. The molecule has 0 spiro atoms. The van der Waals surface area contributed by atoms with Gasteiger partial charge in [0.15, 0.2) is 0 Å². The van der Waals surface area contributed by atoms with Gasteiger partial charge in [-0.25, -0.2) is 9.97 Å². The number of para-hydroxylation sites is 2. The summed E-state index contributed by atoms with van der Waals surface area (Å²) in [6.45, 7) is 3.80. The van der Waals surface area contributed by atoms with E-state index in [1.807, 2.05) is 54.8 Å². The third-order valence-corrected chi connectivity index (χ3v) is 6.36. The van der Waals surface area contributed by atoms with Crippen LogP contribution in [0.4, 0.5) is 5.82 Å². The Morgan fingerprint density at radius 1 is 1.10 bits per heavy atom. The van der Waals surface area contributed by atoms with Gasteiger partial charge in [-0.2, -0.15) is 0 Å². The van der Waals surface area contributed by atoms with Crippen LogP contribution in [0.5, 0.6) is 0 Å². The van der Waals surface area contributed by atoms with E-state index in [1.54, 1.807) is 11.3 Å². The van der Waals surface area contributed by atoms with Gasteiger partial charge in [0, 0.05) is 13.1 Å². The van der Waals surface area contributed by atoms with Crippen LogP contribution in [0.1, 0.15) is 42.0 Å². The molecule has 1 aromatic carbocycles. The number of hydrogen-bond acceptors (Lipinski definition) is 5. The van der Waals surface area contributed by atoms with Gasteiger partial charge in [-0.1, -0.05) is 18.2 Å². The Kier molecular flexibility index (Phi) is 4.96. The van der Waals surface area contributed by atoms with Crippen molar-refractivity contribution in [2.75, 3.05) is 18.0 Å². The fourth-order valence-corrected chi connectivity index (χ4v) is 4.57. The number of aromatic amines is 1. The van der Waals surface area contributed by atoms with E-state index in [9.17, 15) is 4.79 Å². The minimum Gasteiger partial charge on any atom is -0.356 e. The van der Waals surface area contributed by atoms with Crippen molar-refractivity contribution in [2.24, 2.45) is 0 Å². The first-order valence-electron chi connectivity index (χ1n) is 10.2. The first-order valence-corrected chi connectivity index (χ1v) is 11.1. The number of fused-ring (bicyclic) bond motifs is 1. The van der Waals surface area contributed by atoms with Crippen LogP contribution in [0.2, 0.25) is 0 Å². The number of pyridine rings is 1. The van der Waals surface area contributed by atoms with Crippen molar-refractivity contribution in [2.45, 2.75) is 25.8 Å². The number of anilines is 1. The van der Waals surface area contributed by atoms with Gasteiger partial charge in [-0.3, -0.25) is 4.79 Å². The molecule has 0 bridgehead atoms. The third-order valence-electron chi connectivity index (χ3n) is 5.46. The summed E-state index contributed by atoms with van der Waals surface area (Å²) in [6, 6.07) is 15.5. The Balaban J connectivity index is 1.43. The lowest BCUT2D eigenvalue weighted by Gasteiger charge is -2.21. The van der Waals surface area contributed by atoms with Crippen molar-refractivity contribution < 1.29 is 4.79 Å². The fraction of sp³-hybridized carbons (Fsp3) is 0.261. The summed E-state index contributed by atoms with van der Waals surface area (Å²) in [6.07, 6.45) is 2.25. The lowest BCUT2D eigenvalue weighted by atomic mass is 10.1. The summed E-state index contributed by atoms with van der Waals surface area (Å²) < 4.78 is 0. The van der Waals surface area contributed by atoms with Gasteiger partial charge in [-0.05, 0) is 55.5 Å². The van der Waals surface area contributed by atoms with Gasteiger partial charge in [0.05, 0.1) is 33.2 Å². The lowest BCUT2D eigenvalue weighted by molar-refractivity contribution is 0.0938. The molecule has 0 unspecified atom stereocenters. The first kappa shape index (κ1) is 18.8. The molecule has 7 heteroatoms. The zero-order valence-corrected chi connectivity index (χ0v) is 17.6. The molecule has 3 aromatic heterocycles. The van der Waals surface area contributed by atoms with Crippen LogP contribution in [-0.4, -0.2) is 33.9 Å². The summed E-state index contributed by atoms with van der Waals surface area (Å²) in [7, 11) is 0. The number of aromatic nitrogens is 3. The molecule has 1 amide bonds. The number of carbonyl (C=O) groups excluding carboxylic acids is 1. The van der Waals surface area contributed by atoms with Crippen LogP contribution >= 0.6 is 11.3 Å². The van der Waals surface area contributed by atoms with Gasteiger partial charge in [0.1, 0.15) is 11.6 Å². The van der Waals surface area contributed by atoms with E-state index < -0.39 is 0 Å². The fourth-order valence-electron chi connectivity index (χ4n) is 3.88. The van der Waals surface area contributed by atoms with Gasteiger partial charge < -0.3 is 15.2 Å². The molecule has 6 nitrogen and oxygen atoms in total. The summed E-state index contributed by atoms with van der Waals surface area (Å²) >= 11 is 1.66. The number of thiophene rings is 1. The minimum atomic E-state index is -0.242. The average Bonchev–Trinajstić information content (AvgIpc) is 3.54. The molecule has 5 rings (SSSR count). The number of hydrogen-bond donors (Lipinski definition) is 2. The molecule has 4 heterocycles. The summed E-state index contributed by atoms with van der Waals surface area (Å²) in [4.78, 5) is 29.3. The van der Waals surface area contributed by atoms with Gasteiger partial charge in [0.2, 0.25) is 0 Å². The number of nitrogens with zero attached hydrogens (tertiary/aromatic N) is 3. The predicted octanol–water partition coefficient (Wildman–Crippen LogP) is 4.78. The Morgan fingerprint density at radius 3 is 2.70 bits per heavy atom. The number of benzene rings is 1. The Bertz CT molecular complexity index is 1140. The van der Waals surface area contributed by atoms with Crippen molar-refractivity contribution in [3.63, 3.8) is 0 Å². The van der Waals surface area contributed by atoms with E-state index in [0.29, 0.717) is 5.56 Å². The highest BCUT2D eigenvalue weighted by Crippen LogP contribution is 2.29. The van der Waals surface area contributed by atoms with Crippen molar-refractivity contribution in [1.29, 1.82) is 0 Å². The molecule has 0 radical (unpaired) electrons. The second kappa shape index (κ2) is 7.91. The molecule has 1 saturated heterocycles. The average molecular weight is 418 g/mol. The number of H-pyrrole nitrogens is 1. The summed E-state index contributed by atoms with van der Waals surface area (Å²) in [5.74, 6) is 1.39. The van der Waals surface area contributed by atoms with Crippen LogP contribution in [0.3, 0.4) is 0 Å². The molecule has 30 heavy (non-hydrogen) atoms. The van der Waals surface area contributed by atoms with Gasteiger partial charge >= 0.3 is 0 Å². The molecule has 152 valence electrons. The Hall–Kier alpha value is -3.19. The van der Waals surface area contributed by atoms with Crippen molar-refractivity contribution in [3.8, 4) is 10.6 Å². The SMILES string of the molecule is C[C@@H](NC(=O)c1ccc(-c2cccs2)nc1N1CCCC1)c1nc2ccccc2[nH]1. The normalized spacial score (nSPS) is 14.9. The molecule has 1 atom stereocenters. The number of carbonyl (C=O) groups is 1. The van der Waals surface area contributed by atoms with E-state index >= 15 is 0 Å². The van der Waals surface area contributed by atoms with Gasteiger partial charge in [-0.15, -0.1) is 11.3 Å². The minimum absolute atomic E-state index is 0.130. The van der Waals surface area contributed by atoms with Crippen LogP contribution in [-0.2, 0) is 0 Å².